The van der Waals surface area contributed by atoms with Crippen molar-refractivity contribution in [2.75, 3.05) is 0 Å². The van der Waals surface area contributed by atoms with Crippen LogP contribution >= 0.6 is 11.6 Å². The van der Waals surface area contributed by atoms with E-state index in [9.17, 15) is 0 Å². The van der Waals surface area contributed by atoms with Crippen molar-refractivity contribution < 1.29 is 0 Å². The lowest BCUT2D eigenvalue weighted by molar-refractivity contribution is 0.806. The summed E-state index contributed by atoms with van der Waals surface area (Å²) in [4.78, 5) is 0. The quantitative estimate of drug-likeness (QED) is 0.780. The molecule has 0 aliphatic rings. The minimum atomic E-state index is -0.0426. The van der Waals surface area contributed by atoms with Crippen LogP contribution in [0.4, 0.5) is 0 Å². The Labute approximate surface area is 115 Å². The van der Waals surface area contributed by atoms with E-state index in [1.165, 1.54) is 0 Å². The Kier molecular flexibility index (Phi) is 2.97. The summed E-state index contributed by atoms with van der Waals surface area (Å²) < 4.78 is 1.74. The molecule has 3 rings (SSSR count). The maximum Gasteiger partial charge on any atom is 0.113 e. The minimum absolute atomic E-state index is 0.0426. The van der Waals surface area contributed by atoms with Gasteiger partial charge in [-0.1, -0.05) is 35.0 Å². The Hall–Kier alpha value is -1.91. The molecule has 0 bridgehead atoms. The van der Waals surface area contributed by atoms with Crippen LogP contribution in [0.25, 0.3) is 16.7 Å². The van der Waals surface area contributed by atoms with E-state index in [1.54, 1.807) is 4.68 Å². The van der Waals surface area contributed by atoms with Crippen LogP contribution in [0.2, 0.25) is 5.02 Å². The standard InChI is InChI=1S/C14H13ClN4/c1-9(16)10-6-7-13(11(15)8-10)19-14-5-3-2-4-12(14)17-18-19/h2-9H,16H2,1H3/t9-/m0/s1. The molecule has 19 heavy (non-hydrogen) atoms. The summed E-state index contributed by atoms with van der Waals surface area (Å²) in [6.45, 7) is 1.93. The first-order valence-corrected chi connectivity index (χ1v) is 6.40. The molecule has 0 aliphatic carbocycles. The van der Waals surface area contributed by atoms with Crippen molar-refractivity contribution in [3.8, 4) is 5.69 Å². The SMILES string of the molecule is C[C@H](N)c1ccc(-n2nnc3ccccc32)c(Cl)c1. The first kappa shape index (κ1) is 12.1. The first-order valence-electron chi connectivity index (χ1n) is 6.02. The fourth-order valence-corrected chi connectivity index (χ4v) is 2.29. The van der Waals surface area contributed by atoms with Gasteiger partial charge in [-0.3, -0.25) is 0 Å². The highest BCUT2D eigenvalue weighted by atomic mass is 35.5. The van der Waals surface area contributed by atoms with E-state index in [4.69, 9.17) is 17.3 Å². The van der Waals surface area contributed by atoms with Crippen molar-refractivity contribution in [1.29, 1.82) is 0 Å². The summed E-state index contributed by atoms with van der Waals surface area (Å²) in [5.74, 6) is 0. The number of para-hydroxylation sites is 1. The third-order valence-corrected chi connectivity index (χ3v) is 3.38. The van der Waals surface area contributed by atoms with Gasteiger partial charge < -0.3 is 5.73 Å². The number of benzene rings is 2. The molecule has 3 aromatic rings. The van der Waals surface area contributed by atoms with Crippen LogP contribution in [0.15, 0.2) is 42.5 Å². The Bertz CT molecular complexity index is 733. The first-order chi connectivity index (χ1) is 9.16. The van der Waals surface area contributed by atoms with E-state index in [0.717, 1.165) is 22.3 Å². The number of aromatic nitrogens is 3. The van der Waals surface area contributed by atoms with Gasteiger partial charge in [0.25, 0.3) is 0 Å². The number of halogens is 1. The van der Waals surface area contributed by atoms with Crippen LogP contribution in [0.5, 0.6) is 0 Å². The second-order valence-corrected chi connectivity index (χ2v) is 4.90. The van der Waals surface area contributed by atoms with Gasteiger partial charge in [0.2, 0.25) is 0 Å². The summed E-state index contributed by atoms with van der Waals surface area (Å²) >= 11 is 6.32. The molecule has 0 saturated heterocycles. The van der Waals surface area contributed by atoms with E-state index in [0.29, 0.717) is 5.02 Å². The van der Waals surface area contributed by atoms with Crippen molar-refractivity contribution in [2.24, 2.45) is 5.73 Å². The topological polar surface area (TPSA) is 56.7 Å². The van der Waals surface area contributed by atoms with E-state index >= 15 is 0 Å². The molecule has 1 aromatic heterocycles. The largest absolute Gasteiger partial charge is 0.324 e. The molecule has 0 radical (unpaired) electrons. The molecule has 0 spiro atoms. The number of hydrogen-bond acceptors (Lipinski definition) is 3. The van der Waals surface area contributed by atoms with Gasteiger partial charge in [-0.25, -0.2) is 4.68 Å². The van der Waals surface area contributed by atoms with Gasteiger partial charge in [0, 0.05) is 6.04 Å². The maximum absolute atomic E-state index is 6.32. The molecular formula is C14H13ClN4. The summed E-state index contributed by atoms with van der Waals surface area (Å²) in [7, 11) is 0. The molecule has 5 heteroatoms. The van der Waals surface area contributed by atoms with E-state index < -0.39 is 0 Å². The highest BCUT2D eigenvalue weighted by molar-refractivity contribution is 6.32. The fourth-order valence-electron chi connectivity index (χ4n) is 2.03. The van der Waals surface area contributed by atoms with E-state index in [-0.39, 0.29) is 6.04 Å². The Morgan fingerprint density at radius 3 is 2.74 bits per heavy atom. The molecule has 0 fully saturated rings. The average Bonchev–Trinajstić information content (AvgIpc) is 2.82. The summed E-state index contributed by atoms with van der Waals surface area (Å²) in [6, 6.07) is 13.5. The monoisotopic (exact) mass is 272 g/mol. The zero-order chi connectivity index (χ0) is 13.4. The summed E-state index contributed by atoms with van der Waals surface area (Å²) in [6.07, 6.45) is 0. The lowest BCUT2D eigenvalue weighted by Crippen LogP contribution is -2.06. The number of nitrogens with zero attached hydrogens (tertiary/aromatic N) is 3. The summed E-state index contributed by atoms with van der Waals surface area (Å²) in [5.41, 5.74) is 9.42. The molecular weight excluding hydrogens is 260 g/mol. The Morgan fingerprint density at radius 2 is 2.00 bits per heavy atom. The van der Waals surface area contributed by atoms with Crippen LogP contribution in [0.1, 0.15) is 18.5 Å². The van der Waals surface area contributed by atoms with Gasteiger partial charge in [0.1, 0.15) is 5.52 Å². The summed E-state index contributed by atoms with van der Waals surface area (Å²) in [5, 5.41) is 8.89. The second-order valence-electron chi connectivity index (χ2n) is 4.49. The smallest absolute Gasteiger partial charge is 0.113 e. The molecule has 1 atom stereocenters. The molecule has 0 saturated carbocycles. The van der Waals surface area contributed by atoms with Crippen LogP contribution in [0, 0.1) is 0 Å². The zero-order valence-electron chi connectivity index (χ0n) is 10.4. The third-order valence-electron chi connectivity index (χ3n) is 3.08. The molecule has 0 unspecified atom stereocenters. The van der Waals surface area contributed by atoms with Crippen LogP contribution in [-0.4, -0.2) is 15.0 Å². The van der Waals surface area contributed by atoms with Gasteiger partial charge >= 0.3 is 0 Å². The number of nitrogens with two attached hydrogens (primary N) is 1. The predicted molar refractivity (Wildman–Crippen MR) is 76.5 cm³/mol. The lowest BCUT2D eigenvalue weighted by Gasteiger charge is -2.09. The van der Waals surface area contributed by atoms with Crippen molar-refractivity contribution in [3.63, 3.8) is 0 Å². The van der Waals surface area contributed by atoms with Crippen LogP contribution < -0.4 is 5.73 Å². The van der Waals surface area contributed by atoms with E-state index in [1.807, 2.05) is 49.4 Å². The normalized spacial score (nSPS) is 12.8. The van der Waals surface area contributed by atoms with Crippen LogP contribution in [-0.2, 0) is 0 Å². The third kappa shape index (κ3) is 2.09. The molecule has 0 amide bonds. The van der Waals surface area contributed by atoms with Crippen molar-refractivity contribution >= 4 is 22.6 Å². The number of fused-ring (bicyclic) bond motifs is 1. The van der Waals surface area contributed by atoms with Crippen molar-refractivity contribution in [1.82, 2.24) is 15.0 Å². The average molecular weight is 273 g/mol. The predicted octanol–water partition coefficient (Wildman–Crippen LogP) is 3.09. The van der Waals surface area contributed by atoms with Gasteiger partial charge in [0.05, 0.1) is 16.2 Å². The Balaban J connectivity index is 2.17. The Morgan fingerprint density at radius 1 is 1.21 bits per heavy atom. The van der Waals surface area contributed by atoms with Crippen molar-refractivity contribution in [2.45, 2.75) is 13.0 Å². The van der Waals surface area contributed by atoms with E-state index in [2.05, 4.69) is 10.3 Å². The van der Waals surface area contributed by atoms with Crippen molar-refractivity contribution in [3.05, 3.63) is 53.1 Å². The highest BCUT2D eigenvalue weighted by Crippen LogP contribution is 2.26. The van der Waals surface area contributed by atoms with Gasteiger partial charge in [-0.2, -0.15) is 0 Å². The lowest BCUT2D eigenvalue weighted by atomic mass is 10.1. The highest BCUT2D eigenvalue weighted by Gasteiger charge is 2.10. The second kappa shape index (κ2) is 4.64. The minimum Gasteiger partial charge on any atom is -0.324 e. The van der Waals surface area contributed by atoms with Gasteiger partial charge in [-0.05, 0) is 36.8 Å². The molecule has 2 aromatic carbocycles. The van der Waals surface area contributed by atoms with Crippen LogP contribution in [0.3, 0.4) is 0 Å². The maximum atomic E-state index is 6.32. The molecule has 4 nitrogen and oxygen atoms in total. The molecule has 2 N–H and O–H groups in total. The fraction of sp³-hybridized carbons (Fsp3) is 0.143. The number of rotatable bonds is 2. The molecule has 96 valence electrons. The van der Waals surface area contributed by atoms with Gasteiger partial charge in [0.15, 0.2) is 0 Å². The molecule has 1 heterocycles. The molecule has 0 aliphatic heterocycles. The number of hydrogen-bond donors (Lipinski definition) is 1. The zero-order valence-corrected chi connectivity index (χ0v) is 11.2. The van der Waals surface area contributed by atoms with Gasteiger partial charge in [-0.15, -0.1) is 5.10 Å².